The first-order chi connectivity index (χ1) is 8.09. The third-order valence-electron chi connectivity index (χ3n) is 4.20. The van der Waals surface area contributed by atoms with E-state index in [4.69, 9.17) is 5.73 Å². The fourth-order valence-electron chi connectivity index (χ4n) is 3.33. The first kappa shape index (κ1) is 12.4. The van der Waals surface area contributed by atoms with Gasteiger partial charge < -0.3 is 10.8 Å². The second kappa shape index (κ2) is 4.64. The molecule has 1 aliphatic carbocycles. The SMILES string of the molecule is NC(=O)[C@]1(C(=O)O)CCCN1C1CCCCC1. The Bertz CT molecular complexity index is 310. The number of carboxylic acid groups (broad SMARTS) is 1. The zero-order valence-corrected chi connectivity index (χ0v) is 10.0. The highest BCUT2D eigenvalue weighted by Gasteiger charge is 2.54. The summed E-state index contributed by atoms with van der Waals surface area (Å²) in [6.45, 7) is 0.680. The Labute approximate surface area is 101 Å². The van der Waals surface area contributed by atoms with E-state index in [2.05, 4.69) is 0 Å². The second-order valence-corrected chi connectivity index (χ2v) is 5.12. The molecule has 5 heteroatoms. The maximum atomic E-state index is 11.6. The van der Waals surface area contributed by atoms with E-state index in [0.717, 1.165) is 32.1 Å². The van der Waals surface area contributed by atoms with Crippen molar-refractivity contribution in [2.45, 2.75) is 56.5 Å². The molecule has 2 fully saturated rings. The number of hydrogen-bond donors (Lipinski definition) is 2. The maximum absolute atomic E-state index is 11.6. The van der Waals surface area contributed by atoms with Crippen LogP contribution in [0.5, 0.6) is 0 Å². The van der Waals surface area contributed by atoms with Crippen molar-refractivity contribution >= 4 is 11.9 Å². The minimum absolute atomic E-state index is 0.217. The Morgan fingerprint density at radius 3 is 2.35 bits per heavy atom. The highest BCUT2D eigenvalue weighted by molar-refractivity contribution is 6.06. The van der Waals surface area contributed by atoms with E-state index in [0.29, 0.717) is 13.0 Å². The lowest BCUT2D eigenvalue weighted by molar-refractivity contribution is -0.157. The molecule has 0 bridgehead atoms. The molecule has 1 saturated heterocycles. The van der Waals surface area contributed by atoms with Crippen LogP contribution in [-0.4, -0.2) is 40.0 Å². The molecule has 3 N–H and O–H groups in total. The van der Waals surface area contributed by atoms with Gasteiger partial charge in [0.05, 0.1) is 0 Å². The van der Waals surface area contributed by atoms with Crippen molar-refractivity contribution in [3.8, 4) is 0 Å². The molecule has 1 aliphatic heterocycles. The molecule has 1 saturated carbocycles. The molecule has 2 aliphatic rings. The first-order valence-electron chi connectivity index (χ1n) is 6.39. The summed E-state index contributed by atoms with van der Waals surface area (Å²) < 4.78 is 0. The summed E-state index contributed by atoms with van der Waals surface area (Å²) >= 11 is 0. The van der Waals surface area contributed by atoms with Crippen LogP contribution in [0.2, 0.25) is 0 Å². The predicted octanol–water partition coefficient (Wildman–Crippen LogP) is 0.724. The number of primary amides is 1. The Kier molecular flexibility index (Phi) is 3.38. The molecule has 0 spiro atoms. The van der Waals surface area contributed by atoms with Crippen LogP contribution < -0.4 is 5.73 Å². The Balaban J connectivity index is 2.24. The third-order valence-corrected chi connectivity index (χ3v) is 4.20. The van der Waals surface area contributed by atoms with Gasteiger partial charge in [0.15, 0.2) is 5.54 Å². The molecule has 5 nitrogen and oxygen atoms in total. The van der Waals surface area contributed by atoms with Gasteiger partial charge in [0.2, 0.25) is 5.91 Å². The average Bonchev–Trinajstić information content (AvgIpc) is 2.75. The number of nitrogens with two attached hydrogens (primary N) is 1. The predicted molar refractivity (Wildman–Crippen MR) is 62.4 cm³/mol. The van der Waals surface area contributed by atoms with Crippen LogP contribution in [0.25, 0.3) is 0 Å². The van der Waals surface area contributed by atoms with E-state index in [-0.39, 0.29) is 6.04 Å². The number of likely N-dealkylation sites (tertiary alicyclic amines) is 1. The molecule has 2 rings (SSSR count). The van der Waals surface area contributed by atoms with Crippen molar-refractivity contribution in [2.75, 3.05) is 6.54 Å². The highest BCUT2D eigenvalue weighted by atomic mass is 16.4. The fourth-order valence-corrected chi connectivity index (χ4v) is 3.33. The van der Waals surface area contributed by atoms with Crippen molar-refractivity contribution in [2.24, 2.45) is 5.73 Å². The molecule has 0 unspecified atom stereocenters. The summed E-state index contributed by atoms with van der Waals surface area (Å²) in [4.78, 5) is 25.0. The first-order valence-corrected chi connectivity index (χ1v) is 6.39. The standard InChI is InChI=1S/C12H20N2O3/c13-10(15)12(11(16)17)7-4-8-14(12)9-5-2-1-3-6-9/h9H,1-8H2,(H2,13,15)(H,16,17)/t12-/m0/s1. The lowest BCUT2D eigenvalue weighted by Crippen LogP contribution is -2.62. The van der Waals surface area contributed by atoms with Gasteiger partial charge in [0.25, 0.3) is 0 Å². The lowest BCUT2D eigenvalue weighted by atomic mass is 9.88. The van der Waals surface area contributed by atoms with E-state index >= 15 is 0 Å². The monoisotopic (exact) mass is 240 g/mol. The summed E-state index contributed by atoms with van der Waals surface area (Å²) in [6, 6.07) is 0.217. The van der Waals surface area contributed by atoms with Gasteiger partial charge in [0.1, 0.15) is 0 Å². The van der Waals surface area contributed by atoms with Gasteiger partial charge in [0, 0.05) is 12.6 Å². The van der Waals surface area contributed by atoms with Crippen LogP contribution in [0.1, 0.15) is 44.9 Å². The zero-order valence-electron chi connectivity index (χ0n) is 10.0. The highest BCUT2D eigenvalue weighted by Crippen LogP contribution is 2.36. The van der Waals surface area contributed by atoms with E-state index in [1.54, 1.807) is 0 Å². The number of aliphatic carboxylic acids is 1. The summed E-state index contributed by atoms with van der Waals surface area (Å²) in [6.07, 6.45) is 6.52. The van der Waals surface area contributed by atoms with Crippen LogP contribution in [-0.2, 0) is 9.59 Å². The Morgan fingerprint density at radius 1 is 1.18 bits per heavy atom. The molecule has 1 amide bonds. The van der Waals surface area contributed by atoms with Crippen molar-refractivity contribution in [1.82, 2.24) is 4.90 Å². The van der Waals surface area contributed by atoms with Gasteiger partial charge in [-0.25, -0.2) is 4.79 Å². The van der Waals surface area contributed by atoms with Gasteiger partial charge in [-0.05, 0) is 25.7 Å². The van der Waals surface area contributed by atoms with Gasteiger partial charge in [-0.1, -0.05) is 19.3 Å². The number of rotatable bonds is 3. The van der Waals surface area contributed by atoms with E-state index in [9.17, 15) is 14.7 Å². The lowest BCUT2D eigenvalue weighted by Gasteiger charge is -2.39. The van der Waals surface area contributed by atoms with Crippen molar-refractivity contribution < 1.29 is 14.7 Å². The van der Waals surface area contributed by atoms with Crippen LogP contribution in [0, 0.1) is 0 Å². The molecule has 0 aromatic heterocycles. The van der Waals surface area contributed by atoms with Crippen molar-refractivity contribution in [1.29, 1.82) is 0 Å². The molecule has 1 atom stereocenters. The summed E-state index contributed by atoms with van der Waals surface area (Å²) in [5.74, 6) is -1.78. The number of hydrogen-bond acceptors (Lipinski definition) is 3. The van der Waals surface area contributed by atoms with Gasteiger partial charge in [-0.3, -0.25) is 9.69 Å². The molecule has 0 aromatic carbocycles. The molecule has 96 valence electrons. The van der Waals surface area contributed by atoms with Crippen LogP contribution >= 0.6 is 0 Å². The molecular weight excluding hydrogens is 220 g/mol. The smallest absolute Gasteiger partial charge is 0.333 e. The molecular formula is C12H20N2O3. The molecule has 1 heterocycles. The van der Waals surface area contributed by atoms with E-state index in [1.165, 1.54) is 6.42 Å². The fraction of sp³-hybridized carbons (Fsp3) is 0.833. The number of carboxylic acids is 1. The summed E-state index contributed by atoms with van der Waals surface area (Å²) in [5.41, 5.74) is 3.93. The third kappa shape index (κ3) is 1.92. The molecule has 0 aromatic rings. The Hall–Kier alpha value is -1.10. The van der Waals surface area contributed by atoms with Crippen LogP contribution in [0.3, 0.4) is 0 Å². The van der Waals surface area contributed by atoms with Crippen molar-refractivity contribution in [3.05, 3.63) is 0 Å². The van der Waals surface area contributed by atoms with Crippen LogP contribution in [0.15, 0.2) is 0 Å². The zero-order chi connectivity index (χ0) is 12.5. The summed E-state index contributed by atoms with van der Waals surface area (Å²) in [7, 11) is 0. The largest absolute Gasteiger partial charge is 0.479 e. The van der Waals surface area contributed by atoms with E-state index < -0.39 is 17.4 Å². The minimum Gasteiger partial charge on any atom is -0.479 e. The number of carbonyl (C=O) groups excluding carboxylic acids is 1. The molecule has 0 radical (unpaired) electrons. The van der Waals surface area contributed by atoms with Gasteiger partial charge in [-0.15, -0.1) is 0 Å². The second-order valence-electron chi connectivity index (χ2n) is 5.12. The quantitative estimate of drug-likeness (QED) is 0.712. The average molecular weight is 240 g/mol. The maximum Gasteiger partial charge on any atom is 0.333 e. The minimum atomic E-state index is -1.44. The van der Waals surface area contributed by atoms with Gasteiger partial charge in [-0.2, -0.15) is 0 Å². The van der Waals surface area contributed by atoms with Gasteiger partial charge >= 0.3 is 5.97 Å². The van der Waals surface area contributed by atoms with E-state index in [1.807, 2.05) is 4.90 Å². The normalized spacial score (nSPS) is 31.5. The van der Waals surface area contributed by atoms with Crippen molar-refractivity contribution in [3.63, 3.8) is 0 Å². The summed E-state index contributed by atoms with van der Waals surface area (Å²) in [5, 5.41) is 9.39. The molecule has 17 heavy (non-hydrogen) atoms. The van der Waals surface area contributed by atoms with Crippen LogP contribution in [0.4, 0.5) is 0 Å². The topological polar surface area (TPSA) is 83.6 Å². The Morgan fingerprint density at radius 2 is 1.82 bits per heavy atom. The number of carbonyl (C=O) groups is 2. The number of nitrogens with zero attached hydrogens (tertiary/aromatic N) is 1. The number of amides is 1.